The maximum atomic E-state index is 12.4. The summed E-state index contributed by atoms with van der Waals surface area (Å²) in [5.41, 5.74) is 4.35. The Morgan fingerprint density at radius 1 is 1.28 bits per heavy atom. The molecule has 0 fully saturated rings. The van der Waals surface area contributed by atoms with Crippen LogP contribution in [0.2, 0.25) is 5.02 Å². The van der Waals surface area contributed by atoms with E-state index < -0.39 is 23.9 Å². The minimum absolute atomic E-state index is 0.0469. The van der Waals surface area contributed by atoms with E-state index in [9.17, 15) is 23.4 Å². The smallest absolute Gasteiger partial charge is 0.390 e. The summed E-state index contributed by atoms with van der Waals surface area (Å²) in [5.74, 6) is 0. The summed E-state index contributed by atoms with van der Waals surface area (Å²) in [5, 5.41) is 19.0. The van der Waals surface area contributed by atoms with Crippen molar-refractivity contribution in [2.45, 2.75) is 24.8 Å². The first kappa shape index (κ1) is 15.2. The first-order valence-electron chi connectivity index (χ1n) is 5.20. The van der Waals surface area contributed by atoms with Gasteiger partial charge in [0.2, 0.25) is 0 Å². The van der Waals surface area contributed by atoms with Crippen LogP contribution in [-0.2, 0) is 6.18 Å². The summed E-state index contributed by atoms with van der Waals surface area (Å²) in [4.78, 5) is 0. The second-order valence-corrected chi connectivity index (χ2v) is 4.23. The van der Waals surface area contributed by atoms with Crippen molar-refractivity contribution in [1.29, 1.82) is 0 Å². The van der Waals surface area contributed by atoms with Crippen LogP contribution < -0.4 is 5.73 Å². The molecule has 0 bridgehead atoms. The summed E-state index contributed by atoms with van der Waals surface area (Å²) >= 11 is 5.67. The lowest BCUT2D eigenvalue weighted by molar-refractivity contribution is -0.137. The van der Waals surface area contributed by atoms with Crippen LogP contribution in [0.1, 0.15) is 23.7 Å². The van der Waals surface area contributed by atoms with Crippen LogP contribution in [-0.4, -0.2) is 22.9 Å². The molecule has 0 aliphatic carbocycles. The average Bonchev–Trinajstić information content (AvgIpc) is 2.27. The van der Waals surface area contributed by atoms with Crippen LogP contribution in [0.15, 0.2) is 18.2 Å². The Balaban J connectivity index is 2.99. The van der Waals surface area contributed by atoms with Crippen molar-refractivity contribution in [3.8, 4) is 0 Å². The third-order valence-electron chi connectivity index (χ3n) is 2.47. The van der Waals surface area contributed by atoms with Crippen LogP contribution in [0.3, 0.4) is 0 Å². The Bertz CT molecular complexity index is 412. The molecule has 1 aromatic rings. The van der Waals surface area contributed by atoms with E-state index in [-0.39, 0.29) is 23.6 Å². The fourth-order valence-corrected chi connectivity index (χ4v) is 1.77. The highest BCUT2D eigenvalue weighted by molar-refractivity contribution is 6.31. The number of aliphatic hydroxyl groups excluding tert-OH is 2. The van der Waals surface area contributed by atoms with Crippen LogP contribution in [0, 0.1) is 0 Å². The van der Waals surface area contributed by atoms with Gasteiger partial charge in [-0.3, -0.25) is 0 Å². The minimum atomic E-state index is -4.50. The number of aliphatic hydroxyl groups is 2. The fourth-order valence-electron chi connectivity index (χ4n) is 1.48. The molecule has 18 heavy (non-hydrogen) atoms. The highest BCUT2D eigenvalue weighted by atomic mass is 35.5. The van der Waals surface area contributed by atoms with Crippen molar-refractivity contribution in [1.82, 2.24) is 0 Å². The van der Waals surface area contributed by atoms with Crippen molar-refractivity contribution < 1.29 is 23.4 Å². The molecule has 7 heteroatoms. The van der Waals surface area contributed by atoms with E-state index in [1.165, 1.54) is 0 Å². The van der Waals surface area contributed by atoms with Crippen molar-refractivity contribution >= 4 is 11.6 Å². The van der Waals surface area contributed by atoms with Gasteiger partial charge in [0, 0.05) is 10.6 Å². The summed E-state index contributed by atoms with van der Waals surface area (Å²) in [6.07, 6.45) is -6.89. The summed E-state index contributed by atoms with van der Waals surface area (Å²) in [6.45, 7) is 0.149. The molecular formula is C11H13ClF3NO2. The molecule has 2 unspecified atom stereocenters. The zero-order chi connectivity index (χ0) is 13.9. The molecule has 3 nitrogen and oxygen atoms in total. The average molecular weight is 284 g/mol. The summed E-state index contributed by atoms with van der Waals surface area (Å²) < 4.78 is 37.2. The SMILES string of the molecule is NCCC(O)C(O)c1ccc(C(F)(F)F)cc1Cl. The number of rotatable bonds is 4. The van der Waals surface area contributed by atoms with Gasteiger partial charge in [0.05, 0.1) is 11.7 Å². The molecule has 0 aromatic heterocycles. The van der Waals surface area contributed by atoms with Crippen molar-refractivity contribution in [3.05, 3.63) is 34.3 Å². The Labute approximate surface area is 107 Å². The van der Waals surface area contributed by atoms with Gasteiger partial charge in [0.15, 0.2) is 0 Å². The molecule has 0 saturated carbocycles. The van der Waals surface area contributed by atoms with Crippen molar-refractivity contribution in [2.24, 2.45) is 5.73 Å². The van der Waals surface area contributed by atoms with E-state index in [1.54, 1.807) is 0 Å². The first-order valence-corrected chi connectivity index (χ1v) is 5.58. The van der Waals surface area contributed by atoms with Crippen LogP contribution in [0.5, 0.6) is 0 Å². The van der Waals surface area contributed by atoms with Gasteiger partial charge in [-0.25, -0.2) is 0 Å². The molecule has 0 amide bonds. The number of nitrogens with two attached hydrogens (primary N) is 1. The predicted octanol–water partition coefficient (Wildman–Crippen LogP) is 2.10. The van der Waals surface area contributed by atoms with Gasteiger partial charge in [-0.15, -0.1) is 0 Å². The number of alkyl halides is 3. The number of halogens is 4. The van der Waals surface area contributed by atoms with E-state index >= 15 is 0 Å². The van der Waals surface area contributed by atoms with Crippen LogP contribution in [0.4, 0.5) is 13.2 Å². The Morgan fingerprint density at radius 3 is 2.33 bits per heavy atom. The van der Waals surface area contributed by atoms with Gasteiger partial charge in [0.25, 0.3) is 0 Å². The Hall–Kier alpha value is -0.820. The number of hydrogen-bond donors (Lipinski definition) is 3. The Kier molecular flexibility index (Phi) is 4.98. The first-order chi connectivity index (χ1) is 8.27. The molecule has 0 heterocycles. The van der Waals surface area contributed by atoms with Gasteiger partial charge in [-0.2, -0.15) is 13.2 Å². The lowest BCUT2D eigenvalue weighted by Crippen LogP contribution is -2.22. The standard InChI is InChI=1S/C11H13ClF3NO2/c12-8-5-6(11(13,14)15)1-2-7(8)10(18)9(17)3-4-16/h1-2,5,9-10,17-18H,3-4,16H2. The van der Waals surface area contributed by atoms with Gasteiger partial charge in [-0.05, 0) is 25.1 Å². The van der Waals surface area contributed by atoms with E-state index in [1.807, 2.05) is 0 Å². The monoisotopic (exact) mass is 283 g/mol. The third-order valence-corrected chi connectivity index (χ3v) is 2.80. The molecule has 4 N–H and O–H groups in total. The van der Waals surface area contributed by atoms with Gasteiger partial charge in [0.1, 0.15) is 6.10 Å². The lowest BCUT2D eigenvalue weighted by atomic mass is 10.0. The zero-order valence-corrected chi connectivity index (χ0v) is 10.0. The third kappa shape index (κ3) is 3.58. The normalized spacial score (nSPS) is 15.5. The molecule has 2 atom stereocenters. The van der Waals surface area contributed by atoms with Gasteiger partial charge < -0.3 is 15.9 Å². The minimum Gasteiger partial charge on any atom is -0.390 e. The second-order valence-electron chi connectivity index (χ2n) is 3.82. The number of hydrogen-bond acceptors (Lipinski definition) is 3. The summed E-state index contributed by atoms with van der Waals surface area (Å²) in [7, 11) is 0. The zero-order valence-electron chi connectivity index (χ0n) is 9.28. The Morgan fingerprint density at radius 2 is 1.89 bits per heavy atom. The topological polar surface area (TPSA) is 66.5 Å². The predicted molar refractivity (Wildman–Crippen MR) is 61.1 cm³/mol. The van der Waals surface area contributed by atoms with Crippen LogP contribution >= 0.6 is 11.6 Å². The fraction of sp³-hybridized carbons (Fsp3) is 0.455. The molecular weight excluding hydrogens is 271 g/mol. The van der Waals surface area contributed by atoms with Crippen LogP contribution in [0.25, 0.3) is 0 Å². The molecule has 102 valence electrons. The number of benzene rings is 1. The molecule has 0 radical (unpaired) electrons. The molecule has 0 aliphatic rings. The quantitative estimate of drug-likeness (QED) is 0.793. The highest BCUT2D eigenvalue weighted by Crippen LogP contribution is 2.34. The molecule has 1 rings (SSSR count). The lowest BCUT2D eigenvalue weighted by Gasteiger charge is -2.19. The maximum Gasteiger partial charge on any atom is 0.416 e. The van der Waals surface area contributed by atoms with Gasteiger partial charge >= 0.3 is 6.18 Å². The van der Waals surface area contributed by atoms with Crippen molar-refractivity contribution in [3.63, 3.8) is 0 Å². The van der Waals surface area contributed by atoms with E-state index in [0.717, 1.165) is 18.2 Å². The van der Waals surface area contributed by atoms with E-state index in [4.69, 9.17) is 17.3 Å². The van der Waals surface area contributed by atoms with Gasteiger partial charge in [-0.1, -0.05) is 17.7 Å². The molecule has 0 aliphatic heterocycles. The largest absolute Gasteiger partial charge is 0.416 e. The molecule has 0 saturated heterocycles. The molecule has 0 spiro atoms. The van der Waals surface area contributed by atoms with Crippen molar-refractivity contribution in [2.75, 3.05) is 6.54 Å². The van der Waals surface area contributed by atoms with E-state index in [2.05, 4.69) is 0 Å². The highest BCUT2D eigenvalue weighted by Gasteiger charge is 2.31. The maximum absolute atomic E-state index is 12.4. The second kappa shape index (κ2) is 5.88. The van der Waals surface area contributed by atoms with E-state index in [0.29, 0.717) is 0 Å². The summed E-state index contributed by atoms with van der Waals surface area (Å²) in [6, 6.07) is 2.57. The molecule has 1 aromatic carbocycles.